The number of amides is 1. The monoisotopic (exact) mass is 331 g/mol. The molecular formula is C18H21NO5. The van der Waals surface area contributed by atoms with Crippen LogP contribution in [0.15, 0.2) is 28.9 Å². The highest BCUT2D eigenvalue weighted by Gasteiger charge is 2.19. The minimum absolute atomic E-state index is 0.0815. The Kier molecular flexibility index (Phi) is 5.28. The van der Waals surface area contributed by atoms with Gasteiger partial charge in [-0.15, -0.1) is 0 Å². The van der Waals surface area contributed by atoms with Gasteiger partial charge in [-0.3, -0.25) is 4.79 Å². The molecule has 0 aliphatic rings. The number of methoxy groups -OCH3 is 1. The molecule has 2 aromatic rings. The van der Waals surface area contributed by atoms with Crippen LogP contribution in [0.4, 0.5) is 5.69 Å². The Balaban J connectivity index is 2.38. The molecule has 1 N–H and O–H groups in total. The lowest BCUT2D eigenvalue weighted by Crippen LogP contribution is -2.16. The van der Waals surface area contributed by atoms with E-state index in [1.807, 2.05) is 13.8 Å². The van der Waals surface area contributed by atoms with Crippen molar-refractivity contribution >= 4 is 17.6 Å². The van der Waals surface area contributed by atoms with Gasteiger partial charge in [-0.2, -0.15) is 0 Å². The number of hydrogen-bond donors (Lipinski definition) is 1. The van der Waals surface area contributed by atoms with Crippen molar-refractivity contribution in [1.82, 2.24) is 0 Å². The first kappa shape index (κ1) is 17.6. The van der Waals surface area contributed by atoms with E-state index in [1.165, 1.54) is 19.4 Å². The summed E-state index contributed by atoms with van der Waals surface area (Å²) in [5, 5.41) is 2.79. The van der Waals surface area contributed by atoms with Crippen molar-refractivity contribution in [3.63, 3.8) is 0 Å². The number of carbonyl (C=O) groups is 2. The molecule has 1 heterocycles. The SMILES string of the molecule is COC(=O)c1ccc(OC(C)C)c(NC(=O)c2c(C)coc2C)c1. The third kappa shape index (κ3) is 3.76. The van der Waals surface area contributed by atoms with E-state index in [2.05, 4.69) is 5.32 Å². The number of esters is 1. The van der Waals surface area contributed by atoms with E-state index in [-0.39, 0.29) is 12.0 Å². The predicted molar refractivity (Wildman–Crippen MR) is 89.7 cm³/mol. The Bertz CT molecular complexity index is 741. The normalized spacial score (nSPS) is 10.6. The highest BCUT2D eigenvalue weighted by Crippen LogP contribution is 2.28. The van der Waals surface area contributed by atoms with Crippen LogP contribution in [-0.2, 0) is 4.74 Å². The van der Waals surface area contributed by atoms with Gasteiger partial charge in [0.25, 0.3) is 5.91 Å². The van der Waals surface area contributed by atoms with E-state index < -0.39 is 5.97 Å². The summed E-state index contributed by atoms with van der Waals surface area (Å²) < 4.78 is 15.7. The highest BCUT2D eigenvalue weighted by atomic mass is 16.5. The molecule has 1 aromatic carbocycles. The zero-order valence-corrected chi connectivity index (χ0v) is 14.4. The molecule has 0 saturated heterocycles. The van der Waals surface area contributed by atoms with E-state index in [9.17, 15) is 9.59 Å². The van der Waals surface area contributed by atoms with Crippen LogP contribution in [0, 0.1) is 13.8 Å². The zero-order valence-electron chi connectivity index (χ0n) is 14.4. The molecule has 24 heavy (non-hydrogen) atoms. The quantitative estimate of drug-likeness (QED) is 0.845. The molecule has 1 amide bonds. The number of furan rings is 1. The van der Waals surface area contributed by atoms with Gasteiger partial charge in [0, 0.05) is 5.56 Å². The largest absolute Gasteiger partial charge is 0.489 e. The molecule has 1 aromatic heterocycles. The first-order valence-corrected chi connectivity index (χ1v) is 7.58. The molecule has 0 radical (unpaired) electrons. The van der Waals surface area contributed by atoms with Gasteiger partial charge in [0.1, 0.15) is 11.5 Å². The molecule has 0 unspecified atom stereocenters. The number of nitrogens with one attached hydrogen (secondary N) is 1. The lowest BCUT2D eigenvalue weighted by atomic mass is 10.1. The Morgan fingerprint density at radius 3 is 2.46 bits per heavy atom. The van der Waals surface area contributed by atoms with Crippen LogP contribution in [0.5, 0.6) is 5.75 Å². The summed E-state index contributed by atoms with van der Waals surface area (Å²) in [5.74, 6) is 0.192. The zero-order chi connectivity index (χ0) is 17.9. The molecule has 0 atom stereocenters. The van der Waals surface area contributed by atoms with E-state index in [0.717, 1.165) is 5.56 Å². The second-order valence-electron chi connectivity index (χ2n) is 5.67. The molecule has 6 heteroatoms. The van der Waals surface area contributed by atoms with Crippen LogP contribution in [0.3, 0.4) is 0 Å². The average molecular weight is 331 g/mol. The summed E-state index contributed by atoms with van der Waals surface area (Å²) in [7, 11) is 1.30. The number of benzene rings is 1. The molecule has 128 valence electrons. The Hall–Kier alpha value is -2.76. The molecule has 6 nitrogen and oxygen atoms in total. The van der Waals surface area contributed by atoms with Gasteiger partial charge >= 0.3 is 5.97 Å². The van der Waals surface area contributed by atoms with Crippen LogP contribution in [-0.4, -0.2) is 25.1 Å². The fourth-order valence-corrected chi connectivity index (χ4v) is 2.33. The van der Waals surface area contributed by atoms with Crippen LogP contribution < -0.4 is 10.1 Å². The first-order valence-electron chi connectivity index (χ1n) is 7.58. The number of ether oxygens (including phenoxy) is 2. The van der Waals surface area contributed by atoms with Crippen molar-refractivity contribution in [2.75, 3.05) is 12.4 Å². The summed E-state index contributed by atoms with van der Waals surface area (Å²) in [6, 6.07) is 4.76. The molecule has 2 rings (SSSR count). The Morgan fingerprint density at radius 1 is 1.21 bits per heavy atom. The maximum atomic E-state index is 12.6. The Labute approximate surface area is 140 Å². The van der Waals surface area contributed by atoms with Crippen LogP contribution in [0.25, 0.3) is 0 Å². The average Bonchev–Trinajstić information content (AvgIpc) is 2.86. The smallest absolute Gasteiger partial charge is 0.337 e. The number of rotatable bonds is 5. The lowest BCUT2D eigenvalue weighted by Gasteiger charge is -2.16. The lowest BCUT2D eigenvalue weighted by molar-refractivity contribution is 0.0600. The fourth-order valence-electron chi connectivity index (χ4n) is 2.33. The van der Waals surface area contributed by atoms with Crippen molar-refractivity contribution in [3.05, 3.63) is 46.9 Å². The third-order valence-electron chi connectivity index (χ3n) is 3.40. The summed E-state index contributed by atoms with van der Waals surface area (Å²) in [4.78, 5) is 24.3. The van der Waals surface area contributed by atoms with E-state index in [4.69, 9.17) is 13.9 Å². The molecule has 0 saturated carbocycles. The molecule has 0 bridgehead atoms. The van der Waals surface area contributed by atoms with Gasteiger partial charge in [0.15, 0.2) is 0 Å². The Morgan fingerprint density at radius 2 is 1.92 bits per heavy atom. The van der Waals surface area contributed by atoms with E-state index in [1.54, 1.807) is 26.0 Å². The summed E-state index contributed by atoms with van der Waals surface area (Å²) >= 11 is 0. The predicted octanol–water partition coefficient (Wildman–Crippen LogP) is 3.72. The third-order valence-corrected chi connectivity index (χ3v) is 3.40. The van der Waals surface area contributed by atoms with Crippen molar-refractivity contribution < 1.29 is 23.5 Å². The fraction of sp³-hybridized carbons (Fsp3) is 0.333. The molecule has 0 fully saturated rings. The van der Waals surface area contributed by atoms with E-state index in [0.29, 0.717) is 28.3 Å². The maximum Gasteiger partial charge on any atom is 0.337 e. The van der Waals surface area contributed by atoms with Gasteiger partial charge in [-0.05, 0) is 45.9 Å². The van der Waals surface area contributed by atoms with E-state index >= 15 is 0 Å². The summed E-state index contributed by atoms with van der Waals surface area (Å²) in [5.41, 5.74) is 1.93. The number of anilines is 1. The van der Waals surface area contributed by atoms with Crippen molar-refractivity contribution in [2.45, 2.75) is 33.8 Å². The van der Waals surface area contributed by atoms with Gasteiger partial charge < -0.3 is 19.2 Å². The van der Waals surface area contributed by atoms with Crippen molar-refractivity contribution in [2.24, 2.45) is 0 Å². The number of hydrogen-bond acceptors (Lipinski definition) is 5. The second-order valence-corrected chi connectivity index (χ2v) is 5.67. The van der Waals surface area contributed by atoms with Crippen LogP contribution >= 0.6 is 0 Å². The number of aryl methyl sites for hydroxylation is 2. The maximum absolute atomic E-state index is 12.6. The standard InChI is InChI=1S/C18H21NO5/c1-10(2)24-15-7-6-13(18(21)22-5)8-14(15)19-17(20)16-11(3)9-23-12(16)4/h6-10H,1-5H3,(H,19,20). The first-order chi connectivity index (χ1) is 11.3. The number of carbonyl (C=O) groups excluding carboxylic acids is 2. The van der Waals surface area contributed by atoms with Crippen LogP contribution in [0.1, 0.15) is 45.9 Å². The minimum Gasteiger partial charge on any atom is -0.489 e. The van der Waals surface area contributed by atoms with Gasteiger partial charge in [0.05, 0.1) is 36.3 Å². The highest BCUT2D eigenvalue weighted by molar-refractivity contribution is 6.07. The molecule has 0 aliphatic carbocycles. The van der Waals surface area contributed by atoms with Gasteiger partial charge in [0.2, 0.25) is 0 Å². The van der Waals surface area contributed by atoms with Crippen molar-refractivity contribution in [3.8, 4) is 5.75 Å². The van der Waals surface area contributed by atoms with Gasteiger partial charge in [-0.1, -0.05) is 0 Å². The topological polar surface area (TPSA) is 77.8 Å². The summed E-state index contributed by atoms with van der Waals surface area (Å²) in [6.45, 7) is 7.27. The summed E-state index contributed by atoms with van der Waals surface area (Å²) in [6.07, 6.45) is 1.45. The van der Waals surface area contributed by atoms with Crippen molar-refractivity contribution in [1.29, 1.82) is 0 Å². The molecular weight excluding hydrogens is 310 g/mol. The van der Waals surface area contributed by atoms with Gasteiger partial charge in [-0.25, -0.2) is 4.79 Å². The second kappa shape index (κ2) is 7.21. The molecule has 0 spiro atoms. The molecule has 0 aliphatic heterocycles. The minimum atomic E-state index is -0.489. The van der Waals surface area contributed by atoms with Crippen LogP contribution in [0.2, 0.25) is 0 Å².